The van der Waals surface area contributed by atoms with Crippen LogP contribution >= 0.6 is 0 Å². The number of ether oxygens (including phenoxy) is 1. The molecule has 2 amide bonds. The zero-order valence-corrected chi connectivity index (χ0v) is 10.5. The van der Waals surface area contributed by atoms with Gasteiger partial charge in [-0.2, -0.15) is 0 Å². The minimum atomic E-state index is -0.698. The van der Waals surface area contributed by atoms with Crippen LogP contribution in [0.2, 0.25) is 0 Å². The van der Waals surface area contributed by atoms with Crippen molar-refractivity contribution in [3.05, 3.63) is 28.3 Å². The molecule has 3 N–H and O–H groups in total. The number of anilines is 1. The molecule has 104 valence electrons. The molecular formula is C11H15N3O5. The van der Waals surface area contributed by atoms with Gasteiger partial charge in [0.05, 0.1) is 24.2 Å². The van der Waals surface area contributed by atoms with Crippen molar-refractivity contribution in [3.63, 3.8) is 0 Å². The number of nitrogens with zero attached hydrogens (tertiary/aromatic N) is 1. The Morgan fingerprint density at radius 2 is 2.26 bits per heavy atom. The first-order valence-electron chi connectivity index (χ1n) is 5.49. The molecule has 0 fully saturated rings. The summed E-state index contributed by atoms with van der Waals surface area (Å²) in [7, 11) is 1.39. The van der Waals surface area contributed by atoms with Crippen LogP contribution in [0.4, 0.5) is 16.2 Å². The van der Waals surface area contributed by atoms with Crippen LogP contribution < -0.4 is 15.4 Å². The van der Waals surface area contributed by atoms with Gasteiger partial charge in [-0.1, -0.05) is 0 Å². The van der Waals surface area contributed by atoms with Crippen LogP contribution in [-0.2, 0) is 0 Å². The summed E-state index contributed by atoms with van der Waals surface area (Å²) in [5, 5.41) is 24.6. The van der Waals surface area contributed by atoms with E-state index in [1.807, 2.05) is 0 Å². The van der Waals surface area contributed by atoms with Gasteiger partial charge in [-0.3, -0.25) is 10.1 Å². The highest BCUT2D eigenvalue weighted by Gasteiger charge is 2.17. The van der Waals surface area contributed by atoms with Gasteiger partial charge in [0.15, 0.2) is 0 Å². The predicted molar refractivity (Wildman–Crippen MR) is 68.4 cm³/mol. The second-order valence-corrected chi connectivity index (χ2v) is 3.82. The summed E-state index contributed by atoms with van der Waals surface area (Å²) in [6, 6.07) is 3.45. The van der Waals surface area contributed by atoms with Crippen molar-refractivity contribution < 1.29 is 19.6 Å². The molecule has 0 saturated carbocycles. The number of methoxy groups -OCH3 is 1. The van der Waals surface area contributed by atoms with Crippen molar-refractivity contribution in [2.45, 2.75) is 13.0 Å². The number of aliphatic hydroxyl groups excluding tert-OH is 1. The Balaban J connectivity index is 2.82. The molecule has 0 aliphatic heterocycles. The molecule has 8 heteroatoms. The fourth-order valence-corrected chi connectivity index (χ4v) is 1.30. The van der Waals surface area contributed by atoms with Crippen LogP contribution in [-0.4, -0.2) is 35.8 Å². The second kappa shape index (κ2) is 6.55. The van der Waals surface area contributed by atoms with Gasteiger partial charge in [0, 0.05) is 6.54 Å². The fraction of sp³-hybridized carbons (Fsp3) is 0.364. The summed E-state index contributed by atoms with van der Waals surface area (Å²) in [4.78, 5) is 21.7. The maximum absolute atomic E-state index is 11.5. The first-order chi connectivity index (χ1) is 8.93. The topological polar surface area (TPSA) is 114 Å². The van der Waals surface area contributed by atoms with E-state index in [1.54, 1.807) is 0 Å². The highest BCUT2D eigenvalue weighted by Crippen LogP contribution is 2.28. The van der Waals surface area contributed by atoms with Crippen LogP contribution in [0.3, 0.4) is 0 Å². The number of rotatable bonds is 5. The standard InChI is InChI=1S/C11H15N3O5/c1-7(15)6-12-11(16)13-9-4-3-8(19-2)5-10(9)14(17)18/h3-5,7,15H,6H2,1-2H3,(H2,12,13,16)/t7-/m1/s1. The number of carbonyl (C=O) groups is 1. The lowest BCUT2D eigenvalue weighted by Gasteiger charge is -2.10. The third kappa shape index (κ3) is 4.43. The summed E-state index contributed by atoms with van der Waals surface area (Å²) in [6.07, 6.45) is -0.698. The maximum Gasteiger partial charge on any atom is 0.319 e. The monoisotopic (exact) mass is 269 g/mol. The first-order valence-corrected chi connectivity index (χ1v) is 5.49. The summed E-state index contributed by atoms with van der Waals surface area (Å²) >= 11 is 0. The number of hydrogen-bond acceptors (Lipinski definition) is 5. The zero-order valence-electron chi connectivity index (χ0n) is 10.5. The third-order valence-electron chi connectivity index (χ3n) is 2.21. The number of nitro benzene ring substituents is 1. The Labute approximate surface area is 109 Å². The van der Waals surface area contributed by atoms with E-state index >= 15 is 0 Å². The van der Waals surface area contributed by atoms with Crippen molar-refractivity contribution in [2.24, 2.45) is 0 Å². The summed E-state index contributed by atoms with van der Waals surface area (Å²) in [5.41, 5.74) is -0.222. The van der Waals surface area contributed by atoms with Crippen LogP contribution in [0.1, 0.15) is 6.92 Å². The first kappa shape index (κ1) is 14.7. The minimum absolute atomic E-state index is 0.0499. The Morgan fingerprint density at radius 3 is 2.79 bits per heavy atom. The quantitative estimate of drug-likeness (QED) is 0.547. The highest BCUT2D eigenvalue weighted by atomic mass is 16.6. The number of hydrogen-bond donors (Lipinski definition) is 3. The van der Waals surface area contributed by atoms with Gasteiger partial charge in [0.2, 0.25) is 0 Å². The van der Waals surface area contributed by atoms with Gasteiger partial charge in [-0.15, -0.1) is 0 Å². The minimum Gasteiger partial charge on any atom is -0.496 e. The number of nitro groups is 1. The molecule has 0 aliphatic rings. The third-order valence-corrected chi connectivity index (χ3v) is 2.21. The van der Waals surface area contributed by atoms with E-state index in [-0.39, 0.29) is 17.9 Å². The molecule has 0 heterocycles. The predicted octanol–water partition coefficient (Wildman–Crippen LogP) is 1.11. The van der Waals surface area contributed by atoms with Crippen molar-refractivity contribution in [1.29, 1.82) is 0 Å². The van der Waals surface area contributed by atoms with Gasteiger partial charge >= 0.3 is 6.03 Å². The van der Waals surface area contributed by atoms with Crippen molar-refractivity contribution in [3.8, 4) is 5.75 Å². The number of carbonyl (C=O) groups excluding carboxylic acids is 1. The van der Waals surface area contributed by atoms with E-state index in [1.165, 1.54) is 32.2 Å². The van der Waals surface area contributed by atoms with Crippen LogP contribution in [0.25, 0.3) is 0 Å². The molecule has 0 saturated heterocycles. The SMILES string of the molecule is COc1ccc(NC(=O)NC[C@@H](C)O)c([N+](=O)[O-])c1. The molecule has 1 rings (SSSR count). The molecular weight excluding hydrogens is 254 g/mol. The van der Waals surface area contributed by atoms with E-state index in [2.05, 4.69) is 10.6 Å². The molecule has 8 nitrogen and oxygen atoms in total. The molecule has 0 spiro atoms. The molecule has 0 unspecified atom stereocenters. The summed E-state index contributed by atoms with van der Waals surface area (Å²) < 4.78 is 4.88. The molecule has 1 atom stereocenters. The lowest BCUT2D eigenvalue weighted by Crippen LogP contribution is -2.34. The average molecular weight is 269 g/mol. The molecule has 1 aromatic rings. The Hall–Kier alpha value is -2.35. The smallest absolute Gasteiger partial charge is 0.319 e. The Bertz CT molecular complexity index is 475. The average Bonchev–Trinajstić information content (AvgIpc) is 2.36. The normalized spacial score (nSPS) is 11.5. The number of benzene rings is 1. The molecule has 1 aromatic carbocycles. The lowest BCUT2D eigenvalue weighted by molar-refractivity contribution is -0.384. The van der Waals surface area contributed by atoms with E-state index < -0.39 is 17.1 Å². The number of amides is 2. The van der Waals surface area contributed by atoms with E-state index in [4.69, 9.17) is 9.84 Å². The van der Waals surface area contributed by atoms with Crippen molar-refractivity contribution >= 4 is 17.4 Å². The Kier molecular flexibility index (Phi) is 5.07. The highest BCUT2D eigenvalue weighted by molar-refractivity contribution is 5.92. The molecule has 0 aliphatic carbocycles. The van der Waals surface area contributed by atoms with Gasteiger partial charge < -0.3 is 20.5 Å². The van der Waals surface area contributed by atoms with Gasteiger partial charge in [0.1, 0.15) is 11.4 Å². The van der Waals surface area contributed by atoms with Crippen molar-refractivity contribution in [2.75, 3.05) is 19.0 Å². The molecule has 0 radical (unpaired) electrons. The van der Waals surface area contributed by atoms with Crippen molar-refractivity contribution in [1.82, 2.24) is 5.32 Å². The Morgan fingerprint density at radius 1 is 1.58 bits per heavy atom. The summed E-state index contributed by atoms with van der Waals surface area (Å²) in [6.45, 7) is 1.56. The summed E-state index contributed by atoms with van der Waals surface area (Å²) in [5.74, 6) is 0.321. The molecule has 0 aromatic heterocycles. The van der Waals surface area contributed by atoms with Gasteiger partial charge in [-0.25, -0.2) is 4.79 Å². The number of urea groups is 1. The number of nitrogens with one attached hydrogen (secondary N) is 2. The van der Waals surface area contributed by atoms with Crippen LogP contribution in [0, 0.1) is 10.1 Å². The lowest BCUT2D eigenvalue weighted by atomic mass is 10.2. The maximum atomic E-state index is 11.5. The van der Waals surface area contributed by atoms with Crippen LogP contribution in [0.5, 0.6) is 5.75 Å². The van der Waals surface area contributed by atoms with E-state index in [9.17, 15) is 14.9 Å². The van der Waals surface area contributed by atoms with Gasteiger partial charge in [0.25, 0.3) is 5.69 Å². The molecule has 0 bridgehead atoms. The van der Waals surface area contributed by atoms with Crippen LogP contribution in [0.15, 0.2) is 18.2 Å². The number of aliphatic hydroxyl groups is 1. The van der Waals surface area contributed by atoms with Gasteiger partial charge in [-0.05, 0) is 19.1 Å². The fourth-order valence-electron chi connectivity index (χ4n) is 1.30. The van der Waals surface area contributed by atoms with E-state index in [0.717, 1.165) is 0 Å². The molecule has 19 heavy (non-hydrogen) atoms. The van der Waals surface area contributed by atoms with E-state index in [0.29, 0.717) is 5.75 Å². The zero-order chi connectivity index (χ0) is 14.4. The largest absolute Gasteiger partial charge is 0.496 e. The second-order valence-electron chi connectivity index (χ2n) is 3.82.